The molecule has 182 valence electrons. The lowest BCUT2D eigenvalue weighted by Gasteiger charge is -2.30. The van der Waals surface area contributed by atoms with E-state index in [0.29, 0.717) is 37.2 Å². The summed E-state index contributed by atoms with van der Waals surface area (Å²) in [5.74, 6) is -0.558. The Labute approximate surface area is 202 Å². The van der Waals surface area contributed by atoms with Crippen molar-refractivity contribution in [1.29, 1.82) is 0 Å². The molecule has 1 aliphatic carbocycles. The number of hydrogen-bond acceptors (Lipinski definition) is 4. The number of benzene rings is 2. The highest BCUT2D eigenvalue weighted by atomic mass is 32.2. The zero-order chi connectivity index (χ0) is 24.5. The summed E-state index contributed by atoms with van der Waals surface area (Å²) < 4.78 is 27.6. The van der Waals surface area contributed by atoms with Crippen molar-refractivity contribution in [3.8, 4) is 0 Å². The van der Waals surface area contributed by atoms with E-state index in [1.807, 2.05) is 12.1 Å². The number of anilines is 1. The first-order valence-corrected chi connectivity index (χ1v) is 13.3. The molecule has 0 bridgehead atoms. The maximum Gasteiger partial charge on any atom is 0.251 e. The zero-order valence-corrected chi connectivity index (χ0v) is 20.8. The summed E-state index contributed by atoms with van der Waals surface area (Å²) in [6, 6.07) is 14.2. The van der Waals surface area contributed by atoms with Gasteiger partial charge in [0.1, 0.15) is 0 Å². The summed E-state index contributed by atoms with van der Waals surface area (Å²) in [6.07, 6.45) is 2.93. The van der Waals surface area contributed by atoms with Gasteiger partial charge in [0.15, 0.2) is 0 Å². The van der Waals surface area contributed by atoms with Crippen molar-refractivity contribution >= 4 is 27.5 Å². The molecule has 7 nitrogen and oxygen atoms in total. The number of piperidine rings is 1. The van der Waals surface area contributed by atoms with E-state index in [0.717, 1.165) is 18.4 Å². The SMILES string of the molecule is CC(C)(C)c1ccc(S(=O)(=O)N2CCC(C(=O)Nc3cccc(C(=O)NC4CC4)c3)CC2)cc1. The Hall–Kier alpha value is -2.71. The molecule has 0 aromatic heterocycles. The van der Waals surface area contributed by atoms with Crippen LogP contribution in [0.3, 0.4) is 0 Å². The van der Waals surface area contributed by atoms with Crippen LogP contribution in [0.1, 0.15) is 62.4 Å². The third kappa shape index (κ3) is 5.67. The van der Waals surface area contributed by atoms with Crippen molar-refractivity contribution in [2.24, 2.45) is 5.92 Å². The largest absolute Gasteiger partial charge is 0.349 e. The number of rotatable bonds is 6. The molecule has 1 heterocycles. The minimum absolute atomic E-state index is 0.0471. The van der Waals surface area contributed by atoms with Gasteiger partial charge in [-0.1, -0.05) is 39.0 Å². The highest BCUT2D eigenvalue weighted by molar-refractivity contribution is 7.89. The van der Waals surface area contributed by atoms with Gasteiger partial charge >= 0.3 is 0 Å². The standard InChI is InChI=1S/C26H33N3O4S/c1-26(2,3)20-7-11-23(12-8-20)34(32,33)29-15-13-18(14-16-29)24(30)28-22-6-4-5-19(17-22)25(31)27-21-9-10-21/h4-8,11-12,17-18,21H,9-10,13-16H2,1-3H3,(H,27,31)(H,28,30). The van der Waals surface area contributed by atoms with Crippen LogP contribution in [-0.4, -0.2) is 43.7 Å². The van der Waals surface area contributed by atoms with Crippen LogP contribution in [0.15, 0.2) is 53.4 Å². The van der Waals surface area contributed by atoms with Crippen molar-refractivity contribution in [2.75, 3.05) is 18.4 Å². The molecule has 0 spiro atoms. The molecule has 2 amide bonds. The van der Waals surface area contributed by atoms with Gasteiger partial charge in [-0.25, -0.2) is 8.42 Å². The van der Waals surface area contributed by atoms with E-state index in [1.54, 1.807) is 36.4 Å². The number of carbonyl (C=O) groups excluding carboxylic acids is 2. The van der Waals surface area contributed by atoms with E-state index in [1.165, 1.54) is 4.31 Å². The zero-order valence-electron chi connectivity index (χ0n) is 20.0. The van der Waals surface area contributed by atoms with Crippen LogP contribution in [0, 0.1) is 5.92 Å². The smallest absolute Gasteiger partial charge is 0.251 e. The molecule has 1 saturated heterocycles. The molecule has 2 aromatic carbocycles. The van der Waals surface area contributed by atoms with Crippen molar-refractivity contribution in [2.45, 2.75) is 62.8 Å². The Kier molecular flexibility index (Phi) is 6.82. The quantitative estimate of drug-likeness (QED) is 0.651. The van der Waals surface area contributed by atoms with Crippen LogP contribution < -0.4 is 10.6 Å². The predicted molar refractivity (Wildman–Crippen MR) is 132 cm³/mol. The number of amides is 2. The third-order valence-corrected chi connectivity index (χ3v) is 8.40. The average Bonchev–Trinajstić information content (AvgIpc) is 3.63. The maximum absolute atomic E-state index is 13.1. The van der Waals surface area contributed by atoms with Crippen LogP contribution >= 0.6 is 0 Å². The Bertz CT molecular complexity index is 1160. The van der Waals surface area contributed by atoms with Gasteiger partial charge in [-0.05, 0) is 67.0 Å². The monoisotopic (exact) mass is 483 g/mol. The molecular formula is C26H33N3O4S. The van der Waals surface area contributed by atoms with Gasteiger partial charge in [0.05, 0.1) is 4.90 Å². The van der Waals surface area contributed by atoms with Gasteiger partial charge in [-0.3, -0.25) is 9.59 Å². The second-order valence-electron chi connectivity index (χ2n) is 10.3. The first-order valence-electron chi connectivity index (χ1n) is 11.9. The molecule has 2 aliphatic rings. The van der Waals surface area contributed by atoms with Gasteiger partial charge in [0.25, 0.3) is 5.91 Å². The Balaban J connectivity index is 1.34. The van der Waals surface area contributed by atoms with E-state index >= 15 is 0 Å². The van der Waals surface area contributed by atoms with Crippen molar-refractivity contribution in [3.05, 3.63) is 59.7 Å². The molecule has 34 heavy (non-hydrogen) atoms. The molecule has 0 unspecified atom stereocenters. The minimum Gasteiger partial charge on any atom is -0.349 e. The second-order valence-corrected chi connectivity index (χ2v) is 12.2. The van der Waals surface area contributed by atoms with Crippen LogP contribution in [0.25, 0.3) is 0 Å². The van der Waals surface area contributed by atoms with E-state index in [4.69, 9.17) is 0 Å². The molecule has 1 aliphatic heterocycles. The van der Waals surface area contributed by atoms with Gasteiger partial charge in [-0.15, -0.1) is 0 Å². The van der Waals surface area contributed by atoms with Crippen LogP contribution in [0.4, 0.5) is 5.69 Å². The molecule has 1 saturated carbocycles. The fourth-order valence-electron chi connectivity index (χ4n) is 4.11. The third-order valence-electron chi connectivity index (χ3n) is 6.49. The predicted octanol–water partition coefficient (Wildman–Crippen LogP) is 3.92. The molecule has 2 N–H and O–H groups in total. The first kappa shape index (κ1) is 24.4. The van der Waals surface area contributed by atoms with Gasteiger partial charge < -0.3 is 10.6 Å². The fraction of sp³-hybridized carbons (Fsp3) is 0.462. The Morgan fingerprint density at radius 3 is 2.18 bits per heavy atom. The second kappa shape index (κ2) is 9.50. The first-order chi connectivity index (χ1) is 16.0. The van der Waals surface area contributed by atoms with E-state index < -0.39 is 10.0 Å². The van der Waals surface area contributed by atoms with Crippen molar-refractivity contribution in [1.82, 2.24) is 9.62 Å². The average molecular weight is 484 g/mol. The van der Waals surface area contributed by atoms with E-state index in [-0.39, 0.29) is 34.1 Å². The minimum atomic E-state index is -3.60. The van der Waals surface area contributed by atoms with Gasteiger partial charge in [0, 0.05) is 36.3 Å². The molecule has 0 atom stereocenters. The lowest BCUT2D eigenvalue weighted by molar-refractivity contribution is -0.120. The molecular weight excluding hydrogens is 450 g/mol. The van der Waals surface area contributed by atoms with Gasteiger partial charge in [0.2, 0.25) is 15.9 Å². The number of nitrogens with one attached hydrogen (secondary N) is 2. The van der Waals surface area contributed by atoms with E-state index in [2.05, 4.69) is 31.4 Å². The highest BCUT2D eigenvalue weighted by Crippen LogP contribution is 2.28. The topological polar surface area (TPSA) is 95.6 Å². The number of sulfonamides is 1. The normalized spacial score (nSPS) is 17.9. The summed E-state index contributed by atoms with van der Waals surface area (Å²) >= 11 is 0. The summed E-state index contributed by atoms with van der Waals surface area (Å²) in [5.41, 5.74) is 2.12. The van der Waals surface area contributed by atoms with Gasteiger partial charge in [-0.2, -0.15) is 4.31 Å². The molecule has 8 heteroatoms. The lowest BCUT2D eigenvalue weighted by Crippen LogP contribution is -2.41. The highest BCUT2D eigenvalue weighted by Gasteiger charge is 2.32. The Morgan fingerprint density at radius 1 is 0.941 bits per heavy atom. The maximum atomic E-state index is 13.1. The Morgan fingerprint density at radius 2 is 1.59 bits per heavy atom. The van der Waals surface area contributed by atoms with Crippen LogP contribution in [0.2, 0.25) is 0 Å². The summed E-state index contributed by atoms with van der Waals surface area (Å²) in [7, 11) is -3.60. The lowest BCUT2D eigenvalue weighted by atomic mass is 9.87. The number of carbonyl (C=O) groups is 2. The van der Waals surface area contributed by atoms with Crippen molar-refractivity contribution < 1.29 is 18.0 Å². The molecule has 2 fully saturated rings. The van der Waals surface area contributed by atoms with Crippen LogP contribution in [-0.2, 0) is 20.2 Å². The summed E-state index contributed by atoms with van der Waals surface area (Å²) in [5, 5.41) is 5.84. The molecule has 4 rings (SSSR count). The number of hydrogen-bond donors (Lipinski definition) is 2. The number of nitrogens with zero attached hydrogens (tertiary/aromatic N) is 1. The molecule has 2 aromatic rings. The molecule has 0 radical (unpaired) electrons. The van der Waals surface area contributed by atoms with Crippen molar-refractivity contribution in [3.63, 3.8) is 0 Å². The van der Waals surface area contributed by atoms with E-state index in [9.17, 15) is 18.0 Å². The fourth-order valence-corrected chi connectivity index (χ4v) is 5.58. The summed E-state index contributed by atoms with van der Waals surface area (Å²) in [6.45, 7) is 6.86. The van der Waals surface area contributed by atoms with Crippen LogP contribution in [0.5, 0.6) is 0 Å². The summed E-state index contributed by atoms with van der Waals surface area (Å²) in [4.78, 5) is 25.4.